The van der Waals surface area contributed by atoms with Crippen LogP contribution in [0.2, 0.25) is 0 Å². The molecule has 0 radical (unpaired) electrons. The zero-order valence-electron chi connectivity index (χ0n) is 14.1. The number of carbonyl (C=O) groups excluding carboxylic acids is 1. The van der Waals surface area contributed by atoms with Gasteiger partial charge in [0.05, 0.1) is 12.2 Å². The van der Waals surface area contributed by atoms with Crippen LogP contribution in [-0.4, -0.2) is 54.0 Å². The van der Waals surface area contributed by atoms with Crippen molar-refractivity contribution in [3.05, 3.63) is 36.0 Å². The number of aromatic nitrogens is 6. The summed E-state index contributed by atoms with van der Waals surface area (Å²) in [5.41, 5.74) is 1.15. The van der Waals surface area contributed by atoms with Crippen LogP contribution in [0.5, 0.6) is 0 Å². The Morgan fingerprint density at radius 2 is 2.32 bits per heavy atom. The topological polar surface area (TPSA) is 106 Å². The molecule has 0 bridgehead atoms. The molecule has 1 fully saturated rings. The van der Waals surface area contributed by atoms with Gasteiger partial charge in [-0.1, -0.05) is 24.2 Å². The van der Waals surface area contributed by atoms with E-state index in [1.807, 2.05) is 24.8 Å². The monoisotopic (exact) mass is 341 g/mol. The summed E-state index contributed by atoms with van der Waals surface area (Å²) in [6.45, 7) is 5.29. The van der Waals surface area contributed by atoms with E-state index in [1.54, 1.807) is 23.1 Å². The van der Waals surface area contributed by atoms with E-state index >= 15 is 0 Å². The summed E-state index contributed by atoms with van der Waals surface area (Å²) in [4.78, 5) is 21.5. The van der Waals surface area contributed by atoms with Crippen molar-refractivity contribution in [3.8, 4) is 11.6 Å². The van der Waals surface area contributed by atoms with Crippen molar-refractivity contribution in [1.82, 2.24) is 35.0 Å². The molecular weight excluding hydrogens is 322 g/mol. The Morgan fingerprint density at radius 1 is 1.44 bits per heavy atom. The van der Waals surface area contributed by atoms with E-state index in [0.717, 1.165) is 6.42 Å². The summed E-state index contributed by atoms with van der Waals surface area (Å²) < 4.78 is 7.03. The molecular formula is C16H19N7O2. The smallest absolute Gasteiger partial charge is 0.280 e. The molecule has 4 heterocycles. The molecule has 4 rings (SSSR count). The molecule has 1 aliphatic rings. The third kappa shape index (κ3) is 2.92. The van der Waals surface area contributed by atoms with Gasteiger partial charge in [-0.15, -0.1) is 5.10 Å². The van der Waals surface area contributed by atoms with Gasteiger partial charge in [0.15, 0.2) is 11.5 Å². The highest BCUT2D eigenvalue weighted by molar-refractivity contribution is 5.92. The minimum absolute atomic E-state index is 0.00585. The molecule has 0 aromatic carbocycles. The van der Waals surface area contributed by atoms with Gasteiger partial charge in [-0.3, -0.25) is 4.79 Å². The van der Waals surface area contributed by atoms with Crippen LogP contribution in [-0.2, 0) is 0 Å². The molecule has 0 unspecified atom stereocenters. The maximum absolute atomic E-state index is 12.4. The molecule has 9 heteroatoms. The molecule has 0 saturated carbocycles. The van der Waals surface area contributed by atoms with E-state index in [-0.39, 0.29) is 17.9 Å². The molecule has 9 nitrogen and oxygen atoms in total. The molecule has 25 heavy (non-hydrogen) atoms. The Balaban J connectivity index is 1.46. The SMILES string of the molecule is CC(C)c1noc(-c2cn([C@H]3CCN(C(=O)c4ccc[nH]4)C3)nn2)n1. The highest BCUT2D eigenvalue weighted by atomic mass is 16.5. The maximum atomic E-state index is 12.4. The quantitative estimate of drug-likeness (QED) is 0.776. The van der Waals surface area contributed by atoms with E-state index in [1.165, 1.54) is 0 Å². The summed E-state index contributed by atoms with van der Waals surface area (Å²) in [6.07, 6.45) is 4.38. The molecule has 0 aliphatic carbocycles. The lowest BCUT2D eigenvalue weighted by molar-refractivity contribution is 0.0782. The average molecular weight is 341 g/mol. The van der Waals surface area contributed by atoms with Crippen molar-refractivity contribution in [2.45, 2.75) is 32.2 Å². The Labute approximate surface area is 144 Å². The first-order valence-electron chi connectivity index (χ1n) is 8.30. The molecule has 1 saturated heterocycles. The fourth-order valence-corrected chi connectivity index (χ4v) is 2.90. The average Bonchev–Trinajstić information content (AvgIpc) is 3.42. The summed E-state index contributed by atoms with van der Waals surface area (Å²) in [6, 6.07) is 3.69. The number of hydrogen-bond donors (Lipinski definition) is 1. The van der Waals surface area contributed by atoms with Gasteiger partial charge >= 0.3 is 0 Å². The highest BCUT2D eigenvalue weighted by Gasteiger charge is 2.29. The summed E-state index contributed by atoms with van der Waals surface area (Å²) in [5.74, 6) is 1.21. The van der Waals surface area contributed by atoms with Crippen LogP contribution in [0.4, 0.5) is 0 Å². The number of likely N-dealkylation sites (tertiary alicyclic amines) is 1. The third-order valence-corrected chi connectivity index (χ3v) is 4.34. The van der Waals surface area contributed by atoms with Crippen molar-refractivity contribution in [3.63, 3.8) is 0 Å². The van der Waals surface area contributed by atoms with Crippen LogP contribution < -0.4 is 0 Å². The number of aromatic amines is 1. The van der Waals surface area contributed by atoms with Gasteiger partial charge in [0.2, 0.25) is 0 Å². The van der Waals surface area contributed by atoms with Gasteiger partial charge in [0, 0.05) is 25.2 Å². The molecule has 130 valence electrons. The molecule has 1 aliphatic heterocycles. The molecule has 1 N–H and O–H groups in total. The van der Waals surface area contributed by atoms with Crippen molar-refractivity contribution in [2.75, 3.05) is 13.1 Å². The summed E-state index contributed by atoms with van der Waals surface area (Å²) in [5, 5.41) is 12.3. The zero-order chi connectivity index (χ0) is 17.4. The van der Waals surface area contributed by atoms with E-state index in [4.69, 9.17) is 4.52 Å². The lowest BCUT2D eigenvalue weighted by Gasteiger charge is -2.15. The first-order valence-corrected chi connectivity index (χ1v) is 8.30. The normalized spacial score (nSPS) is 17.6. The third-order valence-electron chi connectivity index (χ3n) is 4.34. The van der Waals surface area contributed by atoms with Crippen LogP contribution in [0.1, 0.15) is 48.5 Å². The minimum Gasteiger partial charge on any atom is -0.357 e. The Bertz CT molecular complexity index is 865. The lowest BCUT2D eigenvalue weighted by atomic mass is 10.2. The van der Waals surface area contributed by atoms with Gasteiger partial charge in [-0.2, -0.15) is 4.98 Å². The lowest BCUT2D eigenvalue weighted by Crippen LogP contribution is -2.29. The van der Waals surface area contributed by atoms with Crippen LogP contribution in [0.3, 0.4) is 0 Å². The number of nitrogens with zero attached hydrogens (tertiary/aromatic N) is 6. The summed E-state index contributed by atoms with van der Waals surface area (Å²) >= 11 is 0. The molecule has 1 atom stereocenters. The van der Waals surface area contributed by atoms with Crippen LogP contribution in [0, 0.1) is 0 Å². The second-order valence-corrected chi connectivity index (χ2v) is 6.47. The van der Waals surface area contributed by atoms with Gasteiger partial charge in [0.25, 0.3) is 11.8 Å². The Hall–Kier alpha value is -2.97. The number of rotatable bonds is 4. The standard InChI is InChI=1S/C16H19N7O2/c1-10(2)14-18-15(25-20-14)13-9-23(21-19-13)11-5-7-22(8-11)16(24)12-4-3-6-17-12/h3-4,6,9-11,17H,5,7-8H2,1-2H3/t11-/m0/s1. The van der Waals surface area contributed by atoms with Crippen molar-refractivity contribution in [2.24, 2.45) is 0 Å². The van der Waals surface area contributed by atoms with Crippen molar-refractivity contribution < 1.29 is 9.32 Å². The maximum Gasteiger partial charge on any atom is 0.280 e. The fraction of sp³-hybridized carbons (Fsp3) is 0.438. The number of nitrogens with one attached hydrogen (secondary N) is 1. The predicted octanol–water partition coefficient (Wildman–Crippen LogP) is 1.87. The van der Waals surface area contributed by atoms with Crippen molar-refractivity contribution >= 4 is 5.91 Å². The van der Waals surface area contributed by atoms with Crippen LogP contribution in [0.15, 0.2) is 29.0 Å². The largest absolute Gasteiger partial charge is 0.357 e. The summed E-state index contributed by atoms with van der Waals surface area (Å²) in [7, 11) is 0. The van der Waals surface area contributed by atoms with Gasteiger partial charge in [0.1, 0.15) is 5.69 Å². The van der Waals surface area contributed by atoms with E-state index in [9.17, 15) is 4.79 Å². The number of hydrogen-bond acceptors (Lipinski definition) is 6. The number of amides is 1. The Morgan fingerprint density at radius 3 is 3.04 bits per heavy atom. The molecule has 3 aromatic rings. The van der Waals surface area contributed by atoms with Gasteiger partial charge in [-0.05, 0) is 18.6 Å². The fourth-order valence-electron chi connectivity index (χ4n) is 2.90. The van der Waals surface area contributed by atoms with Crippen LogP contribution >= 0.6 is 0 Å². The second kappa shape index (κ2) is 6.15. The second-order valence-electron chi connectivity index (χ2n) is 6.47. The number of H-pyrrole nitrogens is 1. The highest BCUT2D eigenvalue weighted by Crippen LogP contribution is 2.24. The van der Waals surface area contributed by atoms with Crippen molar-refractivity contribution in [1.29, 1.82) is 0 Å². The van der Waals surface area contributed by atoms with Gasteiger partial charge in [-0.25, -0.2) is 4.68 Å². The zero-order valence-corrected chi connectivity index (χ0v) is 14.1. The molecule has 0 spiro atoms. The van der Waals surface area contributed by atoms with Crippen LogP contribution in [0.25, 0.3) is 11.6 Å². The minimum atomic E-state index is 0.00585. The first-order chi connectivity index (χ1) is 12.1. The predicted molar refractivity (Wildman–Crippen MR) is 87.8 cm³/mol. The molecule has 3 aromatic heterocycles. The van der Waals surface area contributed by atoms with Gasteiger partial charge < -0.3 is 14.4 Å². The number of carbonyl (C=O) groups is 1. The Kier molecular flexibility index (Phi) is 3.83. The molecule has 1 amide bonds. The van der Waals surface area contributed by atoms with E-state index in [2.05, 4.69) is 25.4 Å². The van der Waals surface area contributed by atoms with E-state index in [0.29, 0.717) is 36.2 Å². The van der Waals surface area contributed by atoms with E-state index < -0.39 is 0 Å². The first kappa shape index (κ1) is 15.6.